The Morgan fingerprint density at radius 1 is 1.26 bits per heavy atom. The van der Waals surface area contributed by atoms with Crippen LogP contribution in [0.1, 0.15) is 48.8 Å². The van der Waals surface area contributed by atoms with Gasteiger partial charge in [-0.1, -0.05) is 0 Å². The van der Waals surface area contributed by atoms with Crippen molar-refractivity contribution in [3.05, 3.63) is 35.5 Å². The van der Waals surface area contributed by atoms with Gasteiger partial charge in [0.15, 0.2) is 5.82 Å². The fourth-order valence-electron chi connectivity index (χ4n) is 3.96. The summed E-state index contributed by atoms with van der Waals surface area (Å²) in [5.74, 6) is 1.42. The first kappa shape index (κ1) is 17.6. The smallest absolute Gasteiger partial charge is 0.244 e. The standard InChI is InChI=1S/C19H24N6O2/c1-13-14-7-8-16(26)23(2)19(14)22-18(21-13)15-6-3-4-11-25(15)17(27)12-24-10-5-9-20-24/h5,9-10,15H,3-4,6-8,11-12H2,1-2H3. The van der Waals surface area contributed by atoms with E-state index in [1.54, 1.807) is 29.0 Å². The molecule has 8 heteroatoms. The van der Waals surface area contributed by atoms with Gasteiger partial charge in [-0.05, 0) is 38.7 Å². The minimum atomic E-state index is -0.156. The van der Waals surface area contributed by atoms with Crippen molar-refractivity contribution >= 4 is 17.6 Å². The van der Waals surface area contributed by atoms with Crippen LogP contribution < -0.4 is 4.90 Å². The summed E-state index contributed by atoms with van der Waals surface area (Å²) in [6, 6.07) is 1.65. The monoisotopic (exact) mass is 368 g/mol. The van der Waals surface area contributed by atoms with Gasteiger partial charge in [0.05, 0.1) is 6.04 Å². The fourth-order valence-corrected chi connectivity index (χ4v) is 3.96. The third kappa shape index (κ3) is 3.31. The number of amides is 2. The van der Waals surface area contributed by atoms with Crippen LogP contribution in [0.25, 0.3) is 0 Å². The van der Waals surface area contributed by atoms with Crippen molar-refractivity contribution in [2.24, 2.45) is 0 Å². The van der Waals surface area contributed by atoms with Crippen molar-refractivity contribution in [3.63, 3.8) is 0 Å². The normalized spacial score (nSPS) is 19.9. The lowest BCUT2D eigenvalue weighted by Gasteiger charge is -2.36. The van der Waals surface area contributed by atoms with E-state index in [1.165, 1.54) is 0 Å². The van der Waals surface area contributed by atoms with Gasteiger partial charge in [0.1, 0.15) is 12.4 Å². The largest absolute Gasteiger partial charge is 0.331 e. The second-order valence-corrected chi connectivity index (χ2v) is 7.22. The van der Waals surface area contributed by atoms with Crippen molar-refractivity contribution in [2.75, 3.05) is 18.5 Å². The number of hydrogen-bond acceptors (Lipinski definition) is 5. The molecule has 2 amide bonds. The van der Waals surface area contributed by atoms with Crippen LogP contribution in [-0.2, 0) is 22.6 Å². The highest BCUT2D eigenvalue weighted by Gasteiger charge is 2.33. The van der Waals surface area contributed by atoms with Gasteiger partial charge in [0.25, 0.3) is 0 Å². The van der Waals surface area contributed by atoms with Gasteiger partial charge in [0.2, 0.25) is 11.8 Å². The Bertz CT molecular complexity index is 863. The molecule has 0 spiro atoms. The Labute approximate surface area is 158 Å². The van der Waals surface area contributed by atoms with Crippen molar-refractivity contribution < 1.29 is 9.59 Å². The number of piperidine rings is 1. The maximum atomic E-state index is 12.9. The predicted molar refractivity (Wildman–Crippen MR) is 99.0 cm³/mol. The molecule has 0 bridgehead atoms. The van der Waals surface area contributed by atoms with Crippen LogP contribution in [0.5, 0.6) is 0 Å². The number of carbonyl (C=O) groups excluding carboxylic acids is 2. The Morgan fingerprint density at radius 2 is 2.11 bits per heavy atom. The third-order valence-corrected chi connectivity index (χ3v) is 5.47. The van der Waals surface area contributed by atoms with Gasteiger partial charge in [-0.15, -0.1) is 0 Å². The molecule has 4 rings (SSSR count). The van der Waals surface area contributed by atoms with Gasteiger partial charge < -0.3 is 4.90 Å². The minimum absolute atomic E-state index is 0.0202. The molecular formula is C19H24N6O2. The van der Waals surface area contributed by atoms with E-state index in [4.69, 9.17) is 9.97 Å². The molecule has 1 unspecified atom stereocenters. The molecule has 1 fully saturated rings. The highest BCUT2D eigenvalue weighted by atomic mass is 16.2. The van der Waals surface area contributed by atoms with Crippen LogP contribution in [0, 0.1) is 6.92 Å². The van der Waals surface area contributed by atoms with E-state index >= 15 is 0 Å². The third-order valence-electron chi connectivity index (χ3n) is 5.47. The summed E-state index contributed by atoms with van der Waals surface area (Å²) >= 11 is 0. The zero-order chi connectivity index (χ0) is 19.0. The average Bonchev–Trinajstić information content (AvgIpc) is 3.18. The van der Waals surface area contributed by atoms with E-state index in [-0.39, 0.29) is 24.4 Å². The molecule has 2 aliphatic rings. The Kier molecular flexibility index (Phi) is 4.63. The zero-order valence-corrected chi connectivity index (χ0v) is 15.8. The number of aromatic nitrogens is 4. The quantitative estimate of drug-likeness (QED) is 0.822. The molecule has 27 heavy (non-hydrogen) atoms. The molecule has 142 valence electrons. The first-order valence-electron chi connectivity index (χ1n) is 9.45. The van der Waals surface area contributed by atoms with Crippen molar-refractivity contribution in [1.29, 1.82) is 0 Å². The molecule has 8 nitrogen and oxygen atoms in total. The second-order valence-electron chi connectivity index (χ2n) is 7.22. The van der Waals surface area contributed by atoms with Crippen LogP contribution in [-0.4, -0.2) is 50.1 Å². The molecule has 0 N–H and O–H groups in total. The number of hydrogen-bond donors (Lipinski definition) is 0. The maximum Gasteiger partial charge on any atom is 0.244 e. The number of rotatable bonds is 3. The Hall–Kier alpha value is -2.77. The summed E-state index contributed by atoms with van der Waals surface area (Å²) in [6.07, 6.45) is 7.47. The summed E-state index contributed by atoms with van der Waals surface area (Å²) < 4.78 is 1.64. The SMILES string of the molecule is Cc1nc(C2CCCCN2C(=O)Cn2cccn2)nc2c1CCC(=O)N2C. The topological polar surface area (TPSA) is 84.2 Å². The average molecular weight is 368 g/mol. The second kappa shape index (κ2) is 7.09. The molecule has 2 aromatic rings. The van der Waals surface area contributed by atoms with Crippen molar-refractivity contribution in [1.82, 2.24) is 24.6 Å². The van der Waals surface area contributed by atoms with E-state index in [9.17, 15) is 9.59 Å². The van der Waals surface area contributed by atoms with Crippen molar-refractivity contribution in [3.8, 4) is 0 Å². The number of carbonyl (C=O) groups is 2. The predicted octanol–water partition coefficient (Wildman–Crippen LogP) is 1.64. The van der Waals surface area contributed by atoms with Crippen LogP contribution >= 0.6 is 0 Å². The fraction of sp³-hybridized carbons (Fsp3) is 0.526. The summed E-state index contributed by atoms with van der Waals surface area (Å²) in [6.45, 7) is 2.87. The highest BCUT2D eigenvalue weighted by molar-refractivity contribution is 5.94. The van der Waals surface area contributed by atoms with Gasteiger partial charge in [-0.25, -0.2) is 9.97 Å². The van der Waals surface area contributed by atoms with Crippen LogP contribution in [0.3, 0.4) is 0 Å². The van der Waals surface area contributed by atoms with E-state index in [1.807, 2.05) is 17.9 Å². The maximum absolute atomic E-state index is 12.9. The van der Waals surface area contributed by atoms with Gasteiger partial charge in [0, 0.05) is 43.7 Å². The van der Waals surface area contributed by atoms with E-state index in [0.29, 0.717) is 31.0 Å². The lowest BCUT2D eigenvalue weighted by atomic mass is 9.99. The number of aryl methyl sites for hydroxylation is 1. The lowest BCUT2D eigenvalue weighted by molar-refractivity contribution is -0.136. The summed E-state index contributed by atoms with van der Waals surface area (Å²) in [4.78, 5) is 37.9. The number of likely N-dealkylation sites (tertiary alicyclic amines) is 1. The van der Waals surface area contributed by atoms with Gasteiger partial charge >= 0.3 is 0 Å². The molecule has 1 atom stereocenters. The molecule has 4 heterocycles. The van der Waals surface area contributed by atoms with Crippen LogP contribution in [0.4, 0.5) is 5.82 Å². The summed E-state index contributed by atoms with van der Waals surface area (Å²) in [5, 5.41) is 4.13. The lowest BCUT2D eigenvalue weighted by Crippen LogP contribution is -2.41. The minimum Gasteiger partial charge on any atom is -0.331 e. The molecular weight excluding hydrogens is 344 g/mol. The molecule has 1 saturated heterocycles. The van der Waals surface area contributed by atoms with Gasteiger partial charge in [-0.3, -0.25) is 19.2 Å². The van der Waals surface area contributed by atoms with E-state index in [2.05, 4.69) is 5.10 Å². The number of fused-ring (bicyclic) bond motifs is 1. The summed E-state index contributed by atoms with van der Waals surface area (Å²) in [5.41, 5.74) is 1.94. The first-order chi connectivity index (χ1) is 13.0. The van der Waals surface area contributed by atoms with Gasteiger partial charge in [-0.2, -0.15) is 5.10 Å². The van der Waals surface area contributed by atoms with Crippen LogP contribution in [0.15, 0.2) is 18.5 Å². The molecule has 0 saturated carbocycles. The zero-order valence-electron chi connectivity index (χ0n) is 15.8. The van der Waals surface area contributed by atoms with Crippen LogP contribution in [0.2, 0.25) is 0 Å². The van der Waals surface area contributed by atoms with E-state index in [0.717, 1.165) is 30.5 Å². The first-order valence-corrected chi connectivity index (χ1v) is 9.45. The Balaban J connectivity index is 1.65. The molecule has 0 radical (unpaired) electrons. The molecule has 2 aliphatic heterocycles. The molecule has 0 aliphatic carbocycles. The number of anilines is 1. The molecule has 0 aromatic carbocycles. The molecule has 2 aromatic heterocycles. The summed E-state index contributed by atoms with van der Waals surface area (Å²) in [7, 11) is 1.76. The Morgan fingerprint density at radius 3 is 2.89 bits per heavy atom. The van der Waals surface area contributed by atoms with Crippen molar-refractivity contribution in [2.45, 2.75) is 51.6 Å². The number of nitrogens with zero attached hydrogens (tertiary/aromatic N) is 6. The highest BCUT2D eigenvalue weighted by Crippen LogP contribution is 2.33. The van der Waals surface area contributed by atoms with E-state index < -0.39 is 0 Å².